The number of hydrogen-bond donors (Lipinski definition) is 1. The summed E-state index contributed by atoms with van der Waals surface area (Å²) in [6.45, 7) is 4.08. The van der Waals surface area contributed by atoms with Gasteiger partial charge >= 0.3 is 0 Å². The number of halogens is 1. The van der Waals surface area contributed by atoms with Gasteiger partial charge in [0, 0.05) is 12.5 Å². The molecule has 0 atom stereocenters. The second-order valence-corrected chi connectivity index (χ2v) is 5.28. The fourth-order valence-electron chi connectivity index (χ4n) is 2.01. The van der Waals surface area contributed by atoms with E-state index in [1.807, 2.05) is 13.8 Å². The van der Waals surface area contributed by atoms with Gasteiger partial charge in [0.25, 0.3) is 0 Å². The van der Waals surface area contributed by atoms with Crippen LogP contribution in [0.15, 0.2) is 18.2 Å². The number of rotatable bonds is 5. The lowest BCUT2D eigenvalue weighted by atomic mass is 9.85. The highest BCUT2D eigenvalue weighted by Crippen LogP contribution is 2.26. The summed E-state index contributed by atoms with van der Waals surface area (Å²) in [5, 5.41) is 2.84. The van der Waals surface area contributed by atoms with Gasteiger partial charge < -0.3 is 10.1 Å². The van der Waals surface area contributed by atoms with Crippen molar-refractivity contribution in [3.63, 3.8) is 0 Å². The molecule has 1 amide bonds. The molecule has 0 bridgehead atoms. The van der Waals surface area contributed by atoms with E-state index in [-0.39, 0.29) is 29.5 Å². The first kappa shape index (κ1) is 13.8. The SMILES string of the molecule is CC(C)Oc1ccc(CNC(=O)C2CCC2)cc1F. The van der Waals surface area contributed by atoms with Crippen LogP contribution in [0.4, 0.5) is 4.39 Å². The average Bonchev–Trinajstić information content (AvgIpc) is 2.27. The third kappa shape index (κ3) is 3.69. The van der Waals surface area contributed by atoms with E-state index in [0.717, 1.165) is 24.8 Å². The van der Waals surface area contributed by atoms with Crippen molar-refractivity contribution in [1.82, 2.24) is 5.32 Å². The van der Waals surface area contributed by atoms with Gasteiger partial charge in [-0.1, -0.05) is 12.5 Å². The lowest BCUT2D eigenvalue weighted by molar-refractivity contribution is -0.127. The number of ether oxygens (including phenoxy) is 1. The lowest BCUT2D eigenvalue weighted by Crippen LogP contribution is -2.33. The minimum atomic E-state index is -0.385. The average molecular weight is 265 g/mol. The standard InChI is InChI=1S/C15H20FNO2/c1-10(2)19-14-7-6-11(8-13(14)16)9-17-15(18)12-4-3-5-12/h6-8,10,12H,3-5,9H2,1-2H3,(H,17,18). The molecule has 0 aliphatic heterocycles. The quantitative estimate of drug-likeness (QED) is 0.888. The summed E-state index contributed by atoms with van der Waals surface area (Å²) in [4.78, 5) is 11.7. The highest BCUT2D eigenvalue weighted by Gasteiger charge is 2.24. The van der Waals surface area contributed by atoms with E-state index in [2.05, 4.69) is 5.32 Å². The van der Waals surface area contributed by atoms with Gasteiger partial charge in [0.05, 0.1) is 6.10 Å². The molecule has 1 aliphatic carbocycles. The van der Waals surface area contributed by atoms with Gasteiger partial charge in [-0.25, -0.2) is 4.39 Å². The minimum absolute atomic E-state index is 0.0568. The Balaban J connectivity index is 1.90. The first-order valence-electron chi connectivity index (χ1n) is 6.79. The van der Waals surface area contributed by atoms with Crippen LogP contribution in [-0.2, 0) is 11.3 Å². The summed E-state index contributed by atoms with van der Waals surface area (Å²) in [6.07, 6.45) is 3.02. The Morgan fingerprint density at radius 3 is 2.74 bits per heavy atom. The van der Waals surface area contributed by atoms with Crippen molar-refractivity contribution in [3.05, 3.63) is 29.6 Å². The van der Waals surface area contributed by atoms with Crippen LogP contribution in [0.2, 0.25) is 0 Å². The van der Waals surface area contributed by atoms with Crippen molar-refractivity contribution in [2.45, 2.75) is 45.8 Å². The second-order valence-electron chi connectivity index (χ2n) is 5.28. The van der Waals surface area contributed by atoms with Crippen LogP contribution in [0, 0.1) is 11.7 Å². The highest BCUT2D eigenvalue weighted by atomic mass is 19.1. The van der Waals surface area contributed by atoms with Crippen molar-refractivity contribution in [2.24, 2.45) is 5.92 Å². The molecule has 1 aliphatic rings. The molecule has 0 saturated heterocycles. The first-order chi connectivity index (χ1) is 9.06. The number of benzene rings is 1. The molecule has 19 heavy (non-hydrogen) atoms. The van der Waals surface area contributed by atoms with Crippen molar-refractivity contribution in [3.8, 4) is 5.75 Å². The summed E-state index contributed by atoms with van der Waals surface area (Å²) in [6, 6.07) is 4.81. The van der Waals surface area contributed by atoms with Crippen LogP contribution >= 0.6 is 0 Å². The Morgan fingerprint density at radius 2 is 2.21 bits per heavy atom. The number of amides is 1. The molecular weight excluding hydrogens is 245 g/mol. The third-order valence-electron chi connectivity index (χ3n) is 3.30. The summed E-state index contributed by atoms with van der Waals surface area (Å²) < 4.78 is 19.1. The van der Waals surface area contributed by atoms with Gasteiger partial charge in [-0.3, -0.25) is 4.79 Å². The maximum Gasteiger partial charge on any atom is 0.223 e. The van der Waals surface area contributed by atoms with E-state index in [1.54, 1.807) is 12.1 Å². The maximum atomic E-state index is 13.7. The van der Waals surface area contributed by atoms with E-state index in [9.17, 15) is 9.18 Å². The van der Waals surface area contributed by atoms with Gasteiger partial charge in [0.15, 0.2) is 11.6 Å². The minimum Gasteiger partial charge on any atom is -0.488 e. The third-order valence-corrected chi connectivity index (χ3v) is 3.30. The second kappa shape index (κ2) is 6.04. The van der Waals surface area contributed by atoms with Gasteiger partial charge in [-0.15, -0.1) is 0 Å². The zero-order valence-corrected chi connectivity index (χ0v) is 11.4. The van der Waals surface area contributed by atoms with Crippen LogP contribution in [0.1, 0.15) is 38.7 Å². The van der Waals surface area contributed by atoms with Crippen LogP contribution in [0.25, 0.3) is 0 Å². The van der Waals surface area contributed by atoms with Crippen molar-refractivity contribution in [2.75, 3.05) is 0 Å². The van der Waals surface area contributed by atoms with E-state index < -0.39 is 0 Å². The Labute approximate surface area is 113 Å². The smallest absolute Gasteiger partial charge is 0.223 e. The highest BCUT2D eigenvalue weighted by molar-refractivity contribution is 5.79. The number of carbonyl (C=O) groups excluding carboxylic acids is 1. The summed E-state index contributed by atoms with van der Waals surface area (Å²) in [7, 11) is 0. The molecule has 4 heteroatoms. The summed E-state index contributed by atoms with van der Waals surface area (Å²) in [5.74, 6) is 0.107. The van der Waals surface area contributed by atoms with E-state index >= 15 is 0 Å². The zero-order valence-electron chi connectivity index (χ0n) is 11.4. The van der Waals surface area contributed by atoms with E-state index in [4.69, 9.17) is 4.74 Å². The van der Waals surface area contributed by atoms with Crippen LogP contribution in [-0.4, -0.2) is 12.0 Å². The molecule has 0 radical (unpaired) electrons. The van der Waals surface area contributed by atoms with E-state index in [0.29, 0.717) is 6.54 Å². The van der Waals surface area contributed by atoms with Crippen molar-refractivity contribution >= 4 is 5.91 Å². The fourth-order valence-corrected chi connectivity index (χ4v) is 2.01. The van der Waals surface area contributed by atoms with Crippen LogP contribution in [0.3, 0.4) is 0 Å². The molecule has 1 saturated carbocycles. The lowest BCUT2D eigenvalue weighted by Gasteiger charge is -2.24. The molecule has 0 unspecified atom stereocenters. The molecule has 104 valence electrons. The van der Waals surface area contributed by atoms with Gasteiger partial charge in [0.1, 0.15) is 0 Å². The van der Waals surface area contributed by atoms with Crippen molar-refractivity contribution < 1.29 is 13.9 Å². The molecule has 0 aromatic heterocycles. The Morgan fingerprint density at radius 1 is 1.47 bits per heavy atom. The number of nitrogens with one attached hydrogen (secondary N) is 1. The molecule has 1 fully saturated rings. The predicted molar refractivity (Wildman–Crippen MR) is 71.4 cm³/mol. The normalized spacial score (nSPS) is 15.2. The Kier molecular flexibility index (Phi) is 4.40. The zero-order chi connectivity index (χ0) is 13.8. The molecule has 1 aromatic rings. The molecule has 0 heterocycles. The maximum absolute atomic E-state index is 13.7. The van der Waals surface area contributed by atoms with Crippen LogP contribution in [0.5, 0.6) is 5.75 Å². The van der Waals surface area contributed by atoms with Gasteiger partial charge in [-0.2, -0.15) is 0 Å². The molecule has 2 rings (SSSR count). The van der Waals surface area contributed by atoms with Crippen molar-refractivity contribution in [1.29, 1.82) is 0 Å². The first-order valence-corrected chi connectivity index (χ1v) is 6.79. The molecular formula is C15H20FNO2. The monoisotopic (exact) mass is 265 g/mol. The molecule has 3 nitrogen and oxygen atoms in total. The summed E-state index contributed by atoms with van der Waals surface area (Å²) >= 11 is 0. The molecule has 1 aromatic carbocycles. The largest absolute Gasteiger partial charge is 0.488 e. The molecule has 0 spiro atoms. The number of carbonyl (C=O) groups is 1. The Hall–Kier alpha value is -1.58. The predicted octanol–water partition coefficient (Wildman–Crippen LogP) is 3.03. The van der Waals surface area contributed by atoms with E-state index in [1.165, 1.54) is 6.07 Å². The fraction of sp³-hybridized carbons (Fsp3) is 0.533. The Bertz CT molecular complexity index is 455. The van der Waals surface area contributed by atoms with Crippen LogP contribution < -0.4 is 10.1 Å². The number of hydrogen-bond acceptors (Lipinski definition) is 2. The molecule has 1 N–H and O–H groups in total. The topological polar surface area (TPSA) is 38.3 Å². The van der Waals surface area contributed by atoms with Gasteiger partial charge in [0.2, 0.25) is 5.91 Å². The summed E-state index contributed by atoms with van der Waals surface area (Å²) in [5.41, 5.74) is 0.751. The van der Waals surface area contributed by atoms with Gasteiger partial charge in [-0.05, 0) is 44.4 Å².